The zero-order chi connectivity index (χ0) is 33.3. The first-order valence-electron chi connectivity index (χ1n) is 17.4. The van der Waals surface area contributed by atoms with E-state index in [0.29, 0.717) is 0 Å². The molecule has 7 aromatic carbocycles. The van der Waals surface area contributed by atoms with Crippen molar-refractivity contribution in [3.05, 3.63) is 186 Å². The number of hydrogen-bond acceptors (Lipinski definition) is 1. The summed E-state index contributed by atoms with van der Waals surface area (Å²) in [5.74, 6) is 0. The molecule has 0 saturated carbocycles. The van der Waals surface area contributed by atoms with Gasteiger partial charge in [-0.05, 0) is 97.6 Å². The molecular formula is C48H39N. The summed E-state index contributed by atoms with van der Waals surface area (Å²) in [7, 11) is 0. The van der Waals surface area contributed by atoms with E-state index in [9.17, 15) is 0 Å². The van der Waals surface area contributed by atoms with Gasteiger partial charge in [0.25, 0.3) is 0 Å². The minimum Gasteiger partial charge on any atom is -0.310 e. The Balaban J connectivity index is 1.33. The van der Waals surface area contributed by atoms with E-state index < -0.39 is 0 Å². The third-order valence-electron chi connectivity index (χ3n) is 11.1. The maximum Gasteiger partial charge on any atom is 0.0543 e. The average molecular weight is 630 g/mol. The third-order valence-corrected chi connectivity index (χ3v) is 11.1. The van der Waals surface area contributed by atoms with Gasteiger partial charge in [-0.15, -0.1) is 0 Å². The molecule has 0 amide bonds. The smallest absolute Gasteiger partial charge is 0.0543 e. The highest BCUT2D eigenvalue weighted by atomic mass is 15.1. The summed E-state index contributed by atoms with van der Waals surface area (Å²) in [6.07, 6.45) is 0. The molecule has 0 radical (unpaired) electrons. The highest BCUT2D eigenvalue weighted by Gasteiger charge is 2.38. The fourth-order valence-electron chi connectivity index (χ4n) is 8.48. The Morgan fingerprint density at radius 2 is 0.837 bits per heavy atom. The van der Waals surface area contributed by atoms with E-state index in [4.69, 9.17) is 0 Å². The molecule has 0 unspecified atom stereocenters. The predicted molar refractivity (Wildman–Crippen MR) is 207 cm³/mol. The average Bonchev–Trinajstić information content (AvgIpc) is 3.51. The van der Waals surface area contributed by atoms with Gasteiger partial charge in [-0.25, -0.2) is 0 Å². The zero-order valence-corrected chi connectivity index (χ0v) is 28.5. The van der Waals surface area contributed by atoms with Crippen molar-refractivity contribution in [3.8, 4) is 44.5 Å². The summed E-state index contributed by atoms with van der Waals surface area (Å²) in [6.45, 7) is 9.48. The van der Waals surface area contributed by atoms with Crippen molar-refractivity contribution < 1.29 is 0 Å². The van der Waals surface area contributed by atoms with Crippen LogP contribution in [-0.2, 0) is 10.8 Å². The summed E-state index contributed by atoms with van der Waals surface area (Å²) in [6, 6.07) is 60.6. The molecule has 2 aliphatic carbocycles. The van der Waals surface area contributed by atoms with E-state index in [2.05, 4.69) is 196 Å². The van der Waals surface area contributed by atoms with E-state index in [-0.39, 0.29) is 10.8 Å². The van der Waals surface area contributed by atoms with E-state index in [1.54, 1.807) is 0 Å². The molecule has 0 spiro atoms. The van der Waals surface area contributed by atoms with Crippen molar-refractivity contribution in [2.24, 2.45) is 0 Å². The molecule has 9 rings (SSSR count). The van der Waals surface area contributed by atoms with Gasteiger partial charge in [0.2, 0.25) is 0 Å². The highest BCUT2D eigenvalue weighted by molar-refractivity contribution is 5.96. The van der Waals surface area contributed by atoms with Gasteiger partial charge in [-0.1, -0.05) is 155 Å². The van der Waals surface area contributed by atoms with Gasteiger partial charge in [-0.2, -0.15) is 0 Å². The Hall–Kier alpha value is -5.66. The minimum atomic E-state index is -0.130. The Kier molecular flexibility index (Phi) is 6.58. The molecule has 0 fully saturated rings. The van der Waals surface area contributed by atoms with Gasteiger partial charge < -0.3 is 4.90 Å². The Labute approximate surface area is 290 Å². The summed E-state index contributed by atoms with van der Waals surface area (Å²) < 4.78 is 0. The van der Waals surface area contributed by atoms with Crippen LogP contribution in [-0.4, -0.2) is 0 Å². The van der Waals surface area contributed by atoms with Gasteiger partial charge in [0.1, 0.15) is 0 Å². The molecule has 0 N–H and O–H groups in total. The van der Waals surface area contributed by atoms with E-state index >= 15 is 0 Å². The minimum absolute atomic E-state index is 0.108. The first-order valence-corrected chi connectivity index (χ1v) is 17.4. The van der Waals surface area contributed by atoms with Crippen molar-refractivity contribution >= 4 is 17.1 Å². The SMILES string of the molecule is CC1(C)c2ccccc2-c2ccc(N(c3cccc(-c4ccccc4)c3)c3cc4c(cc3-c3ccccc3)-c3ccccc3C4(C)C)cc21. The van der Waals surface area contributed by atoms with Crippen LogP contribution in [0.15, 0.2) is 164 Å². The number of fused-ring (bicyclic) bond motifs is 6. The maximum absolute atomic E-state index is 2.51. The normalized spacial score (nSPS) is 14.4. The third kappa shape index (κ3) is 4.53. The van der Waals surface area contributed by atoms with Crippen LogP contribution in [0.3, 0.4) is 0 Å². The van der Waals surface area contributed by atoms with Crippen LogP contribution >= 0.6 is 0 Å². The van der Waals surface area contributed by atoms with Crippen LogP contribution in [0.1, 0.15) is 49.9 Å². The lowest BCUT2D eigenvalue weighted by atomic mass is 9.81. The molecule has 0 atom stereocenters. The second kappa shape index (κ2) is 10.9. The molecule has 0 aromatic heterocycles. The summed E-state index contributed by atoms with van der Waals surface area (Å²) in [5, 5.41) is 0. The number of hydrogen-bond donors (Lipinski definition) is 0. The van der Waals surface area contributed by atoms with Crippen LogP contribution < -0.4 is 4.90 Å². The first kappa shape index (κ1) is 29.5. The van der Waals surface area contributed by atoms with E-state index in [0.717, 1.165) is 11.4 Å². The highest BCUT2D eigenvalue weighted by Crippen LogP contribution is 2.55. The molecule has 1 nitrogen and oxygen atoms in total. The molecule has 2 aliphatic rings. The number of benzene rings is 7. The van der Waals surface area contributed by atoms with E-state index in [1.807, 2.05) is 0 Å². The Bertz CT molecular complexity index is 2380. The zero-order valence-electron chi connectivity index (χ0n) is 28.5. The van der Waals surface area contributed by atoms with Gasteiger partial charge in [0, 0.05) is 27.8 Å². The Morgan fingerprint density at radius 3 is 1.51 bits per heavy atom. The summed E-state index contributed by atoms with van der Waals surface area (Å²) in [4.78, 5) is 2.51. The van der Waals surface area contributed by atoms with Crippen LogP contribution in [0.5, 0.6) is 0 Å². The number of rotatable bonds is 5. The lowest BCUT2D eigenvalue weighted by molar-refractivity contribution is 0.660. The second-order valence-corrected chi connectivity index (χ2v) is 14.6. The second-order valence-electron chi connectivity index (χ2n) is 14.6. The Morgan fingerprint density at radius 1 is 0.327 bits per heavy atom. The van der Waals surface area contributed by atoms with E-state index in [1.165, 1.54) is 72.4 Å². The van der Waals surface area contributed by atoms with Crippen LogP contribution in [0.4, 0.5) is 17.1 Å². The van der Waals surface area contributed by atoms with Gasteiger partial charge in [0.15, 0.2) is 0 Å². The molecular weight excluding hydrogens is 591 g/mol. The van der Waals surface area contributed by atoms with Crippen LogP contribution in [0.25, 0.3) is 44.5 Å². The number of anilines is 3. The van der Waals surface area contributed by atoms with Crippen molar-refractivity contribution in [1.29, 1.82) is 0 Å². The summed E-state index contributed by atoms with van der Waals surface area (Å²) in [5.41, 5.74) is 18.9. The lowest BCUT2D eigenvalue weighted by Gasteiger charge is -2.32. The predicted octanol–water partition coefficient (Wildman–Crippen LogP) is 13.1. The fourth-order valence-corrected chi connectivity index (χ4v) is 8.48. The monoisotopic (exact) mass is 629 g/mol. The molecule has 1 heteroatoms. The molecule has 7 aromatic rings. The quantitative estimate of drug-likeness (QED) is 0.183. The first-order chi connectivity index (χ1) is 23.8. The molecule has 0 heterocycles. The molecule has 0 saturated heterocycles. The maximum atomic E-state index is 2.51. The largest absolute Gasteiger partial charge is 0.310 e. The van der Waals surface area contributed by atoms with Gasteiger partial charge in [-0.3, -0.25) is 0 Å². The standard InChI is InChI=1S/C48H39N/c1-47(2)42-24-13-11-22-37(42)39-27-26-36(29-44(39)47)49(35-21-15-20-34(28-35)32-16-7-5-8-17-32)46-31-45-41(30-40(46)33-18-9-6-10-19-33)38-23-12-14-25-43(38)48(45,3)4/h5-31H,1-4H3. The van der Waals surface area contributed by atoms with Crippen molar-refractivity contribution in [3.63, 3.8) is 0 Å². The fraction of sp³-hybridized carbons (Fsp3) is 0.125. The summed E-state index contributed by atoms with van der Waals surface area (Å²) >= 11 is 0. The molecule has 49 heavy (non-hydrogen) atoms. The van der Waals surface area contributed by atoms with Gasteiger partial charge in [0.05, 0.1) is 5.69 Å². The van der Waals surface area contributed by atoms with Gasteiger partial charge >= 0.3 is 0 Å². The topological polar surface area (TPSA) is 3.24 Å². The van der Waals surface area contributed by atoms with Crippen molar-refractivity contribution in [2.75, 3.05) is 4.90 Å². The molecule has 236 valence electrons. The lowest BCUT2D eigenvalue weighted by Crippen LogP contribution is -2.18. The van der Waals surface area contributed by atoms with Crippen molar-refractivity contribution in [1.82, 2.24) is 0 Å². The van der Waals surface area contributed by atoms with Crippen molar-refractivity contribution in [2.45, 2.75) is 38.5 Å². The molecule has 0 bridgehead atoms. The van der Waals surface area contributed by atoms with Crippen LogP contribution in [0.2, 0.25) is 0 Å². The van der Waals surface area contributed by atoms with Crippen LogP contribution in [0, 0.1) is 0 Å². The number of nitrogens with zero attached hydrogens (tertiary/aromatic N) is 1. The molecule has 0 aliphatic heterocycles.